The molecule has 3 N–H and O–H groups in total. The zero-order valence-electron chi connectivity index (χ0n) is 13.5. The van der Waals surface area contributed by atoms with E-state index in [9.17, 15) is 9.59 Å². The highest BCUT2D eigenvalue weighted by Crippen LogP contribution is 2.14. The lowest BCUT2D eigenvalue weighted by molar-refractivity contribution is -0.117. The minimum absolute atomic E-state index is 0.196. The van der Waals surface area contributed by atoms with Crippen LogP contribution in [0.25, 0.3) is 0 Å². The Labute approximate surface area is 135 Å². The molecular weight excluding hydrogens is 294 g/mol. The molecule has 122 valence electrons. The smallest absolute Gasteiger partial charge is 0.250 e. The maximum Gasteiger partial charge on any atom is 0.250 e. The molecule has 0 aliphatic rings. The van der Waals surface area contributed by atoms with Crippen LogP contribution in [0.1, 0.15) is 21.6 Å². The molecular formula is C16H21N5O2. The molecule has 0 saturated carbocycles. The lowest BCUT2D eigenvalue weighted by Crippen LogP contribution is -2.30. The van der Waals surface area contributed by atoms with Gasteiger partial charge in [0.2, 0.25) is 5.91 Å². The molecule has 0 fully saturated rings. The average Bonchev–Trinajstić information content (AvgIpc) is 2.79. The number of aromatic nitrogens is 2. The Kier molecular flexibility index (Phi) is 5.13. The summed E-state index contributed by atoms with van der Waals surface area (Å²) in [6, 6.07) is 6.68. The Balaban J connectivity index is 1.97. The summed E-state index contributed by atoms with van der Waals surface area (Å²) >= 11 is 0. The largest absolute Gasteiger partial charge is 0.366 e. The molecule has 0 aliphatic carbocycles. The van der Waals surface area contributed by atoms with E-state index >= 15 is 0 Å². The Morgan fingerprint density at radius 3 is 2.65 bits per heavy atom. The minimum atomic E-state index is -0.569. The van der Waals surface area contributed by atoms with Gasteiger partial charge in [-0.05, 0) is 26.1 Å². The molecule has 7 nitrogen and oxygen atoms in total. The monoisotopic (exact) mass is 315 g/mol. The van der Waals surface area contributed by atoms with Crippen molar-refractivity contribution in [3.63, 3.8) is 0 Å². The van der Waals surface area contributed by atoms with Crippen LogP contribution in [-0.2, 0) is 18.4 Å². The summed E-state index contributed by atoms with van der Waals surface area (Å²) in [6.45, 7) is 2.80. The Morgan fingerprint density at radius 2 is 2.04 bits per heavy atom. The molecule has 2 amide bonds. The molecule has 0 radical (unpaired) electrons. The molecule has 0 atom stereocenters. The number of benzene rings is 1. The molecule has 0 aliphatic heterocycles. The van der Waals surface area contributed by atoms with Crippen LogP contribution >= 0.6 is 0 Å². The van der Waals surface area contributed by atoms with Crippen LogP contribution in [0.15, 0.2) is 30.5 Å². The van der Waals surface area contributed by atoms with Crippen LogP contribution in [0.4, 0.5) is 5.69 Å². The number of nitrogens with two attached hydrogens (primary N) is 1. The van der Waals surface area contributed by atoms with E-state index in [2.05, 4.69) is 10.4 Å². The fraction of sp³-hybridized carbons (Fsp3) is 0.312. The van der Waals surface area contributed by atoms with E-state index in [0.717, 1.165) is 11.3 Å². The summed E-state index contributed by atoms with van der Waals surface area (Å²) in [5.74, 6) is -0.775. The predicted molar refractivity (Wildman–Crippen MR) is 87.9 cm³/mol. The quantitative estimate of drug-likeness (QED) is 0.828. The third-order valence-electron chi connectivity index (χ3n) is 3.66. The molecule has 0 spiro atoms. The number of para-hydroxylation sites is 1. The number of hydrogen-bond donors (Lipinski definition) is 2. The van der Waals surface area contributed by atoms with Crippen molar-refractivity contribution in [3.05, 3.63) is 47.3 Å². The zero-order chi connectivity index (χ0) is 17.0. The number of primary amides is 1. The number of aryl methyl sites for hydroxylation is 1. The van der Waals surface area contributed by atoms with Crippen LogP contribution in [-0.4, -0.2) is 40.1 Å². The van der Waals surface area contributed by atoms with Gasteiger partial charge >= 0.3 is 0 Å². The summed E-state index contributed by atoms with van der Waals surface area (Å²) < 4.78 is 1.80. The van der Waals surface area contributed by atoms with Gasteiger partial charge in [-0.1, -0.05) is 12.1 Å². The number of nitrogens with one attached hydrogen (secondary N) is 1. The molecule has 0 unspecified atom stereocenters. The number of nitrogens with zero attached hydrogens (tertiary/aromatic N) is 3. The molecule has 0 saturated heterocycles. The van der Waals surface area contributed by atoms with Crippen molar-refractivity contribution >= 4 is 17.5 Å². The summed E-state index contributed by atoms with van der Waals surface area (Å²) in [7, 11) is 3.73. The van der Waals surface area contributed by atoms with Crippen LogP contribution in [0, 0.1) is 6.92 Å². The highest BCUT2D eigenvalue weighted by molar-refractivity contribution is 6.03. The maximum atomic E-state index is 12.2. The molecule has 2 rings (SSSR count). The highest BCUT2D eigenvalue weighted by Gasteiger charge is 2.13. The standard InChI is InChI=1S/C16H21N5O2/c1-11-12(8-18-21(11)3)9-20(2)10-15(22)19-14-7-5-4-6-13(14)16(17)23/h4-8H,9-10H2,1-3H3,(H2,17,23)(H,19,22). The molecule has 1 heterocycles. The van der Waals surface area contributed by atoms with Gasteiger partial charge in [0.05, 0.1) is 24.0 Å². The topological polar surface area (TPSA) is 93.2 Å². The first-order valence-corrected chi connectivity index (χ1v) is 7.23. The van der Waals surface area contributed by atoms with Crippen LogP contribution < -0.4 is 11.1 Å². The molecule has 1 aromatic heterocycles. The van der Waals surface area contributed by atoms with E-state index < -0.39 is 5.91 Å². The van der Waals surface area contributed by atoms with E-state index in [4.69, 9.17) is 5.73 Å². The number of rotatable bonds is 6. The zero-order valence-corrected chi connectivity index (χ0v) is 13.5. The van der Waals surface area contributed by atoms with Crippen molar-refractivity contribution in [1.29, 1.82) is 0 Å². The minimum Gasteiger partial charge on any atom is -0.366 e. The number of likely N-dealkylation sites (N-methyl/N-ethyl adjacent to an activating group) is 1. The van der Waals surface area contributed by atoms with Gasteiger partial charge in [0, 0.05) is 24.8 Å². The van der Waals surface area contributed by atoms with Crippen molar-refractivity contribution in [2.75, 3.05) is 18.9 Å². The van der Waals surface area contributed by atoms with Crippen molar-refractivity contribution < 1.29 is 9.59 Å². The van der Waals surface area contributed by atoms with Gasteiger partial charge < -0.3 is 11.1 Å². The van der Waals surface area contributed by atoms with Crippen LogP contribution in [0.5, 0.6) is 0 Å². The number of carbonyl (C=O) groups is 2. The van der Waals surface area contributed by atoms with Gasteiger partial charge in [0.15, 0.2) is 0 Å². The van der Waals surface area contributed by atoms with E-state index in [0.29, 0.717) is 17.8 Å². The van der Waals surface area contributed by atoms with Crippen molar-refractivity contribution in [1.82, 2.24) is 14.7 Å². The molecule has 23 heavy (non-hydrogen) atoms. The van der Waals surface area contributed by atoms with E-state index in [1.54, 1.807) is 35.1 Å². The second-order valence-electron chi connectivity index (χ2n) is 5.51. The predicted octanol–water partition coefficient (Wildman–Crippen LogP) is 0.898. The van der Waals surface area contributed by atoms with E-state index in [1.807, 2.05) is 25.9 Å². The average molecular weight is 315 g/mol. The Bertz CT molecular complexity index is 723. The third-order valence-corrected chi connectivity index (χ3v) is 3.66. The van der Waals surface area contributed by atoms with Crippen LogP contribution in [0.2, 0.25) is 0 Å². The SMILES string of the molecule is Cc1c(CN(C)CC(=O)Nc2ccccc2C(N)=O)cnn1C. The first-order chi connectivity index (χ1) is 10.9. The number of amides is 2. The highest BCUT2D eigenvalue weighted by atomic mass is 16.2. The number of carbonyl (C=O) groups excluding carboxylic acids is 2. The van der Waals surface area contributed by atoms with Gasteiger partial charge in [-0.25, -0.2) is 0 Å². The molecule has 2 aromatic rings. The third kappa shape index (κ3) is 4.17. The van der Waals surface area contributed by atoms with Gasteiger partial charge in [0.25, 0.3) is 5.91 Å². The van der Waals surface area contributed by atoms with Gasteiger partial charge in [0.1, 0.15) is 0 Å². The number of hydrogen-bond acceptors (Lipinski definition) is 4. The molecule has 1 aromatic carbocycles. The maximum absolute atomic E-state index is 12.2. The van der Waals surface area contributed by atoms with Gasteiger partial charge in [-0.2, -0.15) is 5.10 Å². The summed E-state index contributed by atoms with van der Waals surface area (Å²) in [4.78, 5) is 25.4. The first kappa shape index (κ1) is 16.7. The van der Waals surface area contributed by atoms with Crippen molar-refractivity contribution in [2.24, 2.45) is 12.8 Å². The van der Waals surface area contributed by atoms with Gasteiger partial charge in [-0.15, -0.1) is 0 Å². The van der Waals surface area contributed by atoms with Crippen molar-refractivity contribution in [3.8, 4) is 0 Å². The summed E-state index contributed by atoms with van der Waals surface area (Å²) in [5.41, 5.74) is 8.16. The lowest BCUT2D eigenvalue weighted by atomic mass is 10.1. The van der Waals surface area contributed by atoms with Gasteiger partial charge in [-0.3, -0.25) is 19.2 Å². The Morgan fingerprint density at radius 1 is 1.35 bits per heavy atom. The normalized spacial score (nSPS) is 10.8. The first-order valence-electron chi connectivity index (χ1n) is 7.23. The van der Waals surface area contributed by atoms with Crippen molar-refractivity contribution in [2.45, 2.75) is 13.5 Å². The Hall–Kier alpha value is -2.67. The molecule has 7 heteroatoms. The fourth-order valence-electron chi connectivity index (χ4n) is 2.29. The summed E-state index contributed by atoms with van der Waals surface area (Å²) in [6.07, 6.45) is 1.80. The second-order valence-corrected chi connectivity index (χ2v) is 5.51. The van der Waals surface area contributed by atoms with E-state index in [-0.39, 0.29) is 12.5 Å². The summed E-state index contributed by atoms with van der Waals surface area (Å²) in [5, 5.41) is 6.91. The fourth-order valence-corrected chi connectivity index (χ4v) is 2.29. The number of anilines is 1. The lowest BCUT2D eigenvalue weighted by Gasteiger charge is -2.16. The second kappa shape index (κ2) is 7.06. The molecule has 0 bridgehead atoms. The van der Waals surface area contributed by atoms with E-state index in [1.165, 1.54) is 0 Å². The van der Waals surface area contributed by atoms with Crippen LogP contribution in [0.3, 0.4) is 0 Å².